The lowest BCUT2D eigenvalue weighted by atomic mass is 9.85. The van der Waals surface area contributed by atoms with E-state index in [-0.39, 0.29) is 0 Å². The predicted octanol–water partition coefficient (Wildman–Crippen LogP) is 31.6. The zero-order chi connectivity index (χ0) is 89.3. The maximum atomic E-state index is 5.52. The van der Waals surface area contributed by atoms with Gasteiger partial charge in [-0.3, -0.25) is 14.2 Å². The largest absolute Gasteiger partial charge is 0.497 e. The number of fused-ring (bicyclic) bond motifs is 16. The highest BCUT2D eigenvalue weighted by Gasteiger charge is 2.56. The first-order valence-electron chi connectivity index (χ1n) is 44.8. The number of aromatic nitrogens is 6. The molecule has 0 fully saturated rings. The summed E-state index contributed by atoms with van der Waals surface area (Å²) in [4.78, 5) is 20.9. The van der Waals surface area contributed by atoms with Crippen LogP contribution in [0.2, 0.25) is 16.6 Å². The molecule has 10 heterocycles. The second kappa shape index (κ2) is 35.2. The number of nitrogens with zero attached hydrogens (tertiary/aromatic N) is 4. The number of pyridine rings is 4. The second-order valence-electron chi connectivity index (χ2n) is 34.7. The highest BCUT2D eigenvalue weighted by atomic mass is 32.1. The van der Waals surface area contributed by atoms with Gasteiger partial charge in [0.05, 0.1) is 39.2 Å². The number of aryl methyl sites for hydroxylation is 1. The summed E-state index contributed by atoms with van der Waals surface area (Å²) in [6.07, 6.45) is 31.9. The van der Waals surface area contributed by atoms with E-state index in [1.54, 1.807) is 62.4 Å². The van der Waals surface area contributed by atoms with Gasteiger partial charge in [0, 0.05) is 165 Å². The van der Waals surface area contributed by atoms with E-state index in [4.69, 9.17) is 18.9 Å². The Morgan fingerprint density at radius 2 is 0.672 bits per heavy atom. The maximum Gasteiger partial charge on any atom is 0.371 e. The van der Waals surface area contributed by atoms with Gasteiger partial charge in [0.25, 0.3) is 0 Å². The first-order chi connectivity index (χ1) is 64.3. The van der Waals surface area contributed by atoms with Gasteiger partial charge in [0.2, 0.25) is 5.52 Å². The number of hydrogen-bond acceptors (Lipinski definition) is 10. The van der Waals surface area contributed by atoms with Crippen molar-refractivity contribution in [1.29, 1.82) is 0 Å². The topological polar surface area (TPSA) is 102 Å². The second-order valence-corrected chi connectivity index (χ2v) is 44.3. The van der Waals surface area contributed by atoms with E-state index in [0.717, 1.165) is 35.8 Å². The fourth-order valence-electron chi connectivity index (χ4n) is 21.8. The average molecular weight is 1800 g/mol. The van der Waals surface area contributed by atoms with E-state index < -0.39 is 8.24 Å². The van der Waals surface area contributed by atoms with E-state index in [1.807, 2.05) is 84.9 Å². The minimum Gasteiger partial charge on any atom is -0.497 e. The van der Waals surface area contributed by atoms with Gasteiger partial charge in [0.15, 0.2) is 11.7 Å². The van der Waals surface area contributed by atoms with Gasteiger partial charge in [-0.15, -0.1) is 45.3 Å². The van der Waals surface area contributed by atoms with E-state index in [2.05, 4.69) is 342 Å². The minimum absolute atomic E-state index is 0.618. The van der Waals surface area contributed by atoms with Gasteiger partial charge >= 0.3 is 8.24 Å². The molecule has 0 saturated carbocycles. The molecule has 0 radical (unpaired) electrons. The molecule has 0 atom stereocenters. The molecule has 10 aromatic heterocycles. The van der Waals surface area contributed by atoms with E-state index in [1.165, 1.54) is 217 Å². The predicted molar refractivity (Wildman–Crippen MR) is 560 cm³/mol. The number of ether oxygens (including phenoxy) is 4. The standard InChI is InChI=1S/C35H38N2OSSi.C27H20N2OS.2C27H19NOS/c1-22(2)40(23(3)4,24(5)6)37-19-17-28-31(37)15-14-29-34(32-9-8-20-39-32)27-16-18-36-21-30(27)33(35(28)29)25-10-12-26(38-7)13-11-25;1-29-14-12-20-23(29)10-9-21-25(17-5-7-18(30-2)8-6-17)22-16-28-13-11-19(22)27(26(20)21)24-4-3-15-31-24;1-29-19-10-7-18(8-11-19)25-23-16-28-14-13-21(23)26(24-6-3-15-30-24)22-12-9-17-4-2-5-20(17)27(22)25;1-29-19-10-7-18(8-11-19)25-22-12-9-17-4-2-5-20(17)26(22)27(24-6-3-15-30-24)21-13-14-28-16-23(21)25/h8-24H,1-7H3;3-16H,1-2H3;2*2-3,5-16H,4H2,1H3/p+2. The van der Waals surface area contributed by atoms with Crippen molar-refractivity contribution in [3.05, 3.63) is 348 Å². The molecule has 2 aliphatic carbocycles. The lowest BCUT2D eigenvalue weighted by molar-refractivity contribution is -0.642. The Morgan fingerprint density at radius 3 is 1.14 bits per heavy atom. The third kappa shape index (κ3) is 14.4. The molecule has 24 rings (SSSR count). The summed E-state index contributed by atoms with van der Waals surface area (Å²) < 4.78 is 26.7. The van der Waals surface area contributed by atoms with Crippen molar-refractivity contribution in [3.8, 4) is 109 Å². The molecular weight excluding hydrogens is 1700 g/mol. The zero-order valence-electron chi connectivity index (χ0n) is 75.0. The van der Waals surface area contributed by atoms with E-state index >= 15 is 0 Å². The van der Waals surface area contributed by atoms with Crippen molar-refractivity contribution in [2.45, 2.75) is 71.0 Å². The Morgan fingerprint density at radius 1 is 0.321 bits per heavy atom. The van der Waals surface area contributed by atoms with Gasteiger partial charge in [-0.25, -0.2) is 4.57 Å². The molecule has 0 saturated heterocycles. The maximum absolute atomic E-state index is 5.52. The fourth-order valence-corrected chi connectivity index (χ4v) is 31.5. The molecule has 22 aromatic rings. The summed E-state index contributed by atoms with van der Waals surface area (Å²) in [5.74, 6) is 3.47. The SMILES string of the molecule is COc1ccc(-c2c3c[nH]ccc3c(-c3cccs3)c3c2ccc2c3cc[n+]2C)cc1.COc1ccc(-c2c3c[nH]ccc3c(-c3cccs3)c3ccc4c(cc[n+]4[Si](C(C)C)(C(C)C)C(C)C)c23)cc1.COc1ccc(-c2c3cnccc3c(-c3cccs3)c3c4c(ccc23)CC=C4)cc1.COc1ccc(-c2c3cnccc3c(-c3cccs3)c3ccc4c(c23)C=CC4)cc1. The van der Waals surface area contributed by atoms with Crippen LogP contribution in [0, 0.1) is 0 Å². The summed E-state index contributed by atoms with van der Waals surface area (Å²) in [6.45, 7) is 14.7. The molecule has 131 heavy (non-hydrogen) atoms. The van der Waals surface area contributed by atoms with E-state index in [9.17, 15) is 0 Å². The molecule has 0 amide bonds. The van der Waals surface area contributed by atoms with Crippen LogP contribution >= 0.6 is 45.3 Å². The van der Waals surface area contributed by atoms with Gasteiger partial charge in [0.1, 0.15) is 36.2 Å². The van der Waals surface area contributed by atoms with Crippen LogP contribution in [0.5, 0.6) is 23.0 Å². The van der Waals surface area contributed by atoms with Crippen molar-refractivity contribution >= 4 is 174 Å². The molecule has 0 bridgehead atoms. The first kappa shape index (κ1) is 84.0. The summed E-state index contributed by atoms with van der Waals surface area (Å²) >= 11 is 7.20. The van der Waals surface area contributed by atoms with Gasteiger partial charge < -0.3 is 28.9 Å². The minimum atomic E-state index is -1.94. The summed E-state index contributed by atoms with van der Waals surface area (Å²) in [6, 6.07) is 83.1. The lowest BCUT2D eigenvalue weighted by Gasteiger charge is -2.35. The highest BCUT2D eigenvalue weighted by Crippen LogP contribution is 2.54. The fraction of sp³-hybridized carbons (Fsp3) is 0.138. The summed E-state index contributed by atoms with van der Waals surface area (Å²) in [5, 5.41) is 31.6. The zero-order valence-corrected chi connectivity index (χ0v) is 79.3. The van der Waals surface area contributed by atoms with Crippen LogP contribution in [0.15, 0.2) is 326 Å². The van der Waals surface area contributed by atoms with Gasteiger partial charge in [-0.1, -0.05) is 163 Å². The van der Waals surface area contributed by atoms with Crippen LogP contribution in [0.3, 0.4) is 0 Å². The van der Waals surface area contributed by atoms with Crippen molar-refractivity contribution in [1.82, 2.24) is 19.9 Å². The smallest absolute Gasteiger partial charge is 0.371 e. The monoisotopic (exact) mass is 1790 g/mol. The highest BCUT2D eigenvalue weighted by molar-refractivity contribution is 7.14. The molecule has 2 N–H and O–H groups in total. The molecule has 15 heteroatoms. The number of rotatable bonds is 16. The Bertz CT molecular complexity index is 8140. The van der Waals surface area contributed by atoms with Crippen molar-refractivity contribution in [2.75, 3.05) is 28.4 Å². The molecule has 0 aliphatic heterocycles. The molecular formula is C116H98N6O4S4Si+2. The van der Waals surface area contributed by atoms with Crippen LogP contribution in [0.4, 0.5) is 0 Å². The van der Waals surface area contributed by atoms with Gasteiger partial charge in [-0.2, -0.15) is 0 Å². The van der Waals surface area contributed by atoms with Crippen LogP contribution in [0.1, 0.15) is 63.8 Å². The number of allylic oxidation sites excluding steroid dienone is 2. The van der Waals surface area contributed by atoms with Crippen LogP contribution < -0.4 is 27.7 Å². The molecule has 10 nitrogen and oxygen atoms in total. The molecule has 0 spiro atoms. The third-order valence-corrected chi connectivity index (χ3v) is 37.6. The molecule has 2 aliphatic rings. The van der Waals surface area contributed by atoms with Gasteiger partial charge in [-0.05, 0) is 264 Å². The Kier molecular flexibility index (Phi) is 22.5. The first-order valence-corrected chi connectivity index (χ1v) is 50.5. The quantitative estimate of drug-likeness (QED) is 0.0568. The normalized spacial score (nSPS) is 12.3. The van der Waals surface area contributed by atoms with Crippen LogP contribution in [-0.2, 0) is 19.9 Å². The van der Waals surface area contributed by atoms with E-state index in [0.29, 0.717) is 16.6 Å². The Labute approximate surface area is 779 Å². The summed E-state index contributed by atoms with van der Waals surface area (Å²) in [5.41, 5.74) is 24.9. The average Bonchev–Trinajstić information content (AvgIpc) is 1.57. The van der Waals surface area contributed by atoms with Crippen LogP contribution in [0.25, 0.3) is 206 Å². The molecule has 0 unspecified atom stereocenters. The molecule has 642 valence electrons. The number of benzene rings is 12. The Balaban J connectivity index is 0.000000106. The summed E-state index contributed by atoms with van der Waals surface area (Å²) in [7, 11) is 7.02. The third-order valence-electron chi connectivity index (χ3n) is 27.2. The van der Waals surface area contributed by atoms with Crippen molar-refractivity contribution in [2.24, 2.45) is 7.05 Å². The number of nitrogens with one attached hydrogen (secondary N) is 2. The number of aromatic amines is 2. The molecule has 12 aromatic carbocycles. The Hall–Kier alpha value is -13.9. The number of methoxy groups -OCH3 is 4. The van der Waals surface area contributed by atoms with Crippen molar-refractivity contribution in [3.63, 3.8) is 0 Å². The lowest BCUT2D eigenvalue weighted by Crippen LogP contribution is -2.69. The van der Waals surface area contributed by atoms with Crippen molar-refractivity contribution < 1.29 is 27.7 Å². The van der Waals surface area contributed by atoms with Crippen LogP contribution in [-0.4, -0.2) is 56.6 Å². The number of H-pyrrole nitrogens is 2. The number of hydrogen-bond donors (Lipinski definition) is 2. The number of thiophene rings is 4.